The molecule has 0 atom stereocenters. The molecule has 0 N–H and O–H groups in total. The Kier molecular flexibility index (Phi) is 7.38. The lowest BCUT2D eigenvalue weighted by molar-refractivity contribution is -0.137. The van der Waals surface area contributed by atoms with Crippen LogP contribution in [-0.2, 0) is 14.3 Å². The summed E-state index contributed by atoms with van der Waals surface area (Å²) in [6, 6.07) is 12.1. The summed E-state index contributed by atoms with van der Waals surface area (Å²) in [5, 5.41) is 9.04. The van der Waals surface area contributed by atoms with Crippen LogP contribution >= 0.6 is 0 Å². The summed E-state index contributed by atoms with van der Waals surface area (Å²) in [5.41, 5.74) is 2.40. The number of methoxy groups -OCH3 is 2. The van der Waals surface area contributed by atoms with Gasteiger partial charge in [0.05, 0.1) is 14.2 Å². The Balaban J connectivity index is 2.10. The minimum atomic E-state index is -0.745. The number of nitrogens with zero attached hydrogens (tertiary/aromatic N) is 1. The van der Waals surface area contributed by atoms with Crippen LogP contribution in [0.25, 0.3) is 6.08 Å². The maximum atomic E-state index is 12.1. The van der Waals surface area contributed by atoms with E-state index >= 15 is 0 Å². The average Bonchev–Trinajstić information content (AvgIpc) is 2.70. The minimum absolute atomic E-state index is 0.166. The third kappa shape index (κ3) is 6.11. The van der Waals surface area contributed by atoms with Gasteiger partial charge in [-0.15, -0.1) is 0 Å². The highest BCUT2D eigenvalue weighted by Gasteiger charge is 2.13. The van der Waals surface area contributed by atoms with E-state index in [-0.39, 0.29) is 23.7 Å². The minimum Gasteiger partial charge on any atom is -0.493 e. The molecule has 7 heteroatoms. The maximum Gasteiger partial charge on any atom is 0.349 e. The largest absolute Gasteiger partial charge is 0.493 e. The number of carbonyl (C=O) groups is 2. The number of benzene rings is 2. The van der Waals surface area contributed by atoms with Gasteiger partial charge in [0, 0.05) is 0 Å². The van der Waals surface area contributed by atoms with Crippen molar-refractivity contribution >= 4 is 18.0 Å². The SMILES string of the molecule is COC(=O)/C(C#N)=C/c1ccc(OC(=O)COc2cc(C)cc(C)c2)c(OC)c1. The molecule has 0 amide bonds. The van der Waals surface area contributed by atoms with Gasteiger partial charge in [-0.3, -0.25) is 0 Å². The average molecular weight is 395 g/mol. The zero-order valence-electron chi connectivity index (χ0n) is 16.6. The fraction of sp³-hybridized carbons (Fsp3) is 0.227. The second-order valence-electron chi connectivity index (χ2n) is 6.16. The number of aryl methyl sites for hydroxylation is 2. The molecule has 0 saturated heterocycles. The van der Waals surface area contributed by atoms with Gasteiger partial charge in [-0.25, -0.2) is 9.59 Å². The van der Waals surface area contributed by atoms with Crippen LogP contribution in [0.15, 0.2) is 42.0 Å². The van der Waals surface area contributed by atoms with Crippen LogP contribution in [0.2, 0.25) is 0 Å². The van der Waals surface area contributed by atoms with Crippen LogP contribution in [-0.4, -0.2) is 32.8 Å². The number of esters is 2. The van der Waals surface area contributed by atoms with Crippen LogP contribution < -0.4 is 14.2 Å². The van der Waals surface area contributed by atoms with Crippen molar-refractivity contribution in [2.75, 3.05) is 20.8 Å². The van der Waals surface area contributed by atoms with Crippen molar-refractivity contribution in [2.24, 2.45) is 0 Å². The van der Waals surface area contributed by atoms with Crippen LogP contribution in [0, 0.1) is 25.2 Å². The predicted molar refractivity (Wildman–Crippen MR) is 106 cm³/mol. The van der Waals surface area contributed by atoms with Crippen molar-refractivity contribution in [3.05, 3.63) is 58.7 Å². The molecular weight excluding hydrogens is 374 g/mol. The summed E-state index contributed by atoms with van der Waals surface area (Å²) in [7, 11) is 2.61. The summed E-state index contributed by atoms with van der Waals surface area (Å²) in [5.74, 6) is -0.307. The summed E-state index contributed by atoms with van der Waals surface area (Å²) in [6.07, 6.45) is 1.35. The summed E-state index contributed by atoms with van der Waals surface area (Å²) in [4.78, 5) is 23.7. The van der Waals surface area contributed by atoms with Gasteiger partial charge in [0.15, 0.2) is 18.1 Å². The van der Waals surface area contributed by atoms with E-state index in [2.05, 4.69) is 4.74 Å². The fourth-order valence-corrected chi connectivity index (χ4v) is 2.58. The Hall–Kier alpha value is -3.79. The van der Waals surface area contributed by atoms with Crippen molar-refractivity contribution in [1.29, 1.82) is 5.26 Å². The second-order valence-corrected chi connectivity index (χ2v) is 6.16. The Bertz CT molecular complexity index is 967. The molecular formula is C22H21NO6. The molecule has 150 valence electrons. The number of rotatable bonds is 7. The monoisotopic (exact) mass is 395 g/mol. The van der Waals surface area contributed by atoms with Crippen molar-refractivity contribution in [3.8, 4) is 23.3 Å². The van der Waals surface area contributed by atoms with Gasteiger partial charge in [0.1, 0.15) is 17.4 Å². The molecule has 2 aromatic rings. The van der Waals surface area contributed by atoms with Crippen molar-refractivity contribution in [1.82, 2.24) is 0 Å². The topological polar surface area (TPSA) is 94.9 Å². The molecule has 0 aliphatic rings. The van der Waals surface area contributed by atoms with Crippen molar-refractivity contribution in [2.45, 2.75) is 13.8 Å². The quantitative estimate of drug-likeness (QED) is 0.307. The molecule has 0 unspecified atom stereocenters. The van der Waals surface area contributed by atoms with Crippen molar-refractivity contribution < 1.29 is 28.5 Å². The predicted octanol–water partition coefficient (Wildman–Crippen LogP) is 3.38. The van der Waals surface area contributed by atoms with E-state index in [4.69, 9.17) is 19.5 Å². The maximum absolute atomic E-state index is 12.1. The van der Waals surface area contributed by atoms with Gasteiger partial charge >= 0.3 is 11.9 Å². The molecule has 0 aliphatic heterocycles. The van der Waals surface area contributed by atoms with Crippen LogP contribution in [0.3, 0.4) is 0 Å². The standard InChI is InChI=1S/C22H21NO6/c1-14-7-15(2)9-18(8-14)28-13-21(24)29-19-6-5-16(11-20(19)26-3)10-17(12-23)22(25)27-4/h5-11H,13H2,1-4H3/b17-10+. The molecule has 0 fully saturated rings. The van der Waals surface area contributed by atoms with Crippen LogP contribution in [0.1, 0.15) is 16.7 Å². The Morgan fingerprint density at radius 2 is 1.72 bits per heavy atom. The van der Waals surface area contributed by atoms with Gasteiger partial charge in [0.2, 0.25) is 0 Å². The zero-order chi connectivity index (χ0) is 21.4. The molecule has 0 bridgehead atoms. The molecule has 2 rings (SSSR count). The lowest BCUT2D eigenvalue weighted by Gasteiger charge is -2.11. The fourth-order valence-electron chi connectivity index (χ4n) is 2.58. The Morgan fingerprint density at radius 1 is 1.03 bits per heavy atom. The molecule has 29 heavy (non-hydrogen) atoms. The highest BCUT2D eigenvalue weighted by molar-refractivity contribution is 5.97. The van der Waals surface area contributed by atoms with E-state index in [1.165, 1.54) is 32.4 Å². The first-order valence-electron chi connectivity index (χ1n) is 8.66. The molecule has 0 heterocycles. The van der Waals surface area contributed by atoms with Gasteiger partial charge in [-0.2, -0.15) is 5.26 Å². The van der Waals surface area contributed by atoms with Gasteiger partial charge in [0.25, 0.3) is 0 Å². The number of carbonyl (C=O) groups excluding carboxylic acids is 2. The first-order valence-corrected chi connectivity index (χ1v) is 8.66. The highest BCUT2D eigenvalue weighted by atomic mass is 16.6. The lowest BCUT2D eigenvalue weighted by Crippen LogP contribution is -2.18. The van der Waals surface area contributed by atoms with E-state index in [1.807, 2.05) is 32.0 Å². The number of hydrogen-bond donors (Lipinski definition) is 0. The normalized spacial score (nSPS) is 10.7. The Morgan fingerprint density at radius 3 is 2.31 bits per heavy atom. The third-order valence-corrected chi connectivity index (χ3v) is 3.80. The second kappa shape index (κ2) is 9.95. The van der Waals surface area contributed by atoms with Crippen LogP contribution in [0.4, 0.5) is 0 Å². The number of hydrogen-bond acceptors (Lipinski definition) is 7. The van der Waals surface area contributed by atoms with Gasteiger partial charge in [-0.1, -0.05) is 12.1 Å². The highest BCUT2D eigenvalue weighted by Crippen LogP contribution is 2.29. The smallest absolute Gasteiger partial charge is 0.349 e. The first-order chi connectivity index (χ1) is 13.9. The first kappa shape index (κ1) is 21.5. The third-order valence-electron chi connectivity index (χ3n) is 3.80. The lowest BCUT2D eigenvalue weighted by atomic mass is 10.1. The molecule has 0 radical (unpaired) electrons. The van der Waals surface area contributed by atoms with E-state index < -0.39 is 11.9 Å². The van der Waals surface area contributed by atoms with Gasteiger partial charge < -0.3 is 18.9 Å². The van der Waals surface area contributed by atoms with E-state index in [0.29, 0.717) is 11.3 Å². The number of ether oxygens (including phenoxy) is 4. The van der Waals surface area contributed by atoms with E-state index in [9.17, 15) is 9.59 Å². The summed E-state index contributed by atoms with van der Waals surface area (Å²) >= 11 is 0. The molecule has 2 aromatic carbocycles. The van der Waals surface area contributed by atoms with E-state index in [0.717, 1.165) is 11.1 Å². The zero-order valence-corrected chi connectivity index (χ0v) is 16.6. The summed E-state index contributed by atoms with van der Waals surface area (Å²) < 4.78 is 20.6. The molecule has 0 spiro atoms. The molecule has 0 aliphatic carbocycles. The molecule has 0 aromatic heterocycles. The summed E-state index contributed by atoms with van der Waals surface area (Å²) in [6.45, 7) is 3.61. The van der Waals surface area contributed by atoms with Crippen molar-refractivity contribution in [3.63, 3.8) is 0 Å². The van der Waals surface area contributed by atoms with Gasteiger partial charge in [-0.05, 0) is 60.9 Å². The molecule has 7 nitrogen and oxygen atoms in total. The van der Waals surface area contributed by atoms with Crippen LogP contribution in [0.5, 0.6) is 17.2 Å². The van der Waals surface area contributed by atoms with E-state index in [1.54, 1.807) is 12.1 Å². The Labute approximate surface area is 169 Å². The molecule has 0 saturated carbocycles. The number of nitriles is 1.